The molecule has 4 rings (SSSR count). The Bertz CT molecular complexity index is 777. The molecular weight excluding hydrogens is 288 g/mol. The number of piperazine rings is 1. The first-order chi connectivity index (χ1) is 11.4. The fourth-order valence-corrected chi connectivity index (χ4v) is 3.00. The number of para-hydroxylation sites is 1. The van der Waals surface area contributed by atoms with Gasteiger partial charge in [0.25, 0.3) is 0 Å². The van der Waals surface area contributed by atoms with Crippen molar-refractivity contribution in [2.75, 3.05) is 31.1 Å². The van der Waals surface area contributed by atoms with Crippen molar-refractivity contribution in [1.29, 1.82) is 0 Å². The number of nitrogens with zero attached hydrogens (tertiary/aromatic N) is 4. The molecule has 23 heavy (non-hydrogen) atoms. The van der Waals surface area contributed by atoms with Crippen molar-refractivity contribution in [2.45, 2.75) is 0 Å². The second-order valence-electron chi connectivity index (χ2n) is 5.50. The van der Waals surface area contributed by atoms with E-state index in [0.717, 1.165) is 48.7 Å². The van der Waals surface area contributed by atoms with Crippen molar-refractivity contribution in [3.05, 3.63) is 49.3 Å². The largest absolute Gasteiger partial charge is 0.368 e. The van der Waals surface area contributed by atoms with Gasteiger partial charge in [0, 0.05) is 49.2 Å². The van der Waals surface area contributed by atoms with E-state index in [1.54, 1.807) is 18.9 Å². The first-order valence-corrected chi connectivity index (χ1v) is 7.77. The summed E-state index contributed by atoms with van der Waals surface area (Å²) in [6.45, 7) is 4.01. The van der Waals surface area contributed by atoms with Gasteiger partial charge in [0.1, 0.15) is 6.33 Å². The summed E-state index contributed by atoms with van der Waals surface area (Å²) in [7, 11) is 0. The molecule has 3 aromatic rings. The topological polar surface area (TPSA) is 69.7 Å². The zero-order chi connectivity index (χ0) is 15.5. The molecule has 1 saturated heterocycles. The zero-order valence-corrected chi connectivity index (χ0v) is 12.7. The standard InChI is InChI=1S/C17H18N6/c1-2-4-16(23-7-5-18-6-8-23)13(3-1)17-14(9-19-12-22-17)15-10-20-11-21-15/h1-4,9-12,18H,5-8H2,(H,20,21). The molecule has 1 aromatic carbocycles. The Balaban J connectivity index is 1.83. The molecular formula is C17H18N6. The van der Waals surface area contributed by atoms with E-state index in [1.165, 1.54) is 5.69 Å². The number of aromatic amines is 1. The lowest BCUT2D eigenvalue weighted by Crippen LogP contribution is -2.43. The smallest absolute Gasteiger partial charge is 0.116 e. The Labute approximate surface area is 134 Å². The minimum absolute atomic E-state index is 0.927. The zero-order valence-electron chi connectivity index (χ0n) is 12.7. The van der Waals surface area contributed by atoms with Crippen molar-refractivity contribution in [3.63, 3.8) is 0 Å². The monoisotopic (exact) mass is 306 g/mol. The van der Waals surface area contributed by atoms with E-state index < -0.39 is 0 Å². The highest BCUT2D eigenvalue weighted by Crippen LogP contribution is 2.34. The third-order valence-corrected chi connectivity index (χ3v) is 4.12. The highest BCUT2D eigenvalue weighted by molar-refractivity contribution is 5.85. The number of benzene rings is 1. The Morgan fingerprint density at radius 1 is 0.957 bits per heavy atom. The van der Waals surface area contributed by atoms with Gasteiger partial charge in [0.2, 0.25) is 0 Å². The molecule has 0 spiro atoms. The van der Waals surface area contributed by atoms with E-state index >= 15 is 0 Å². The Morgan fingerprint density at radius 2 is 1.83 bits per heavy atom. The quantitative estimate of drug-likeness (QED) is 0.774. The van der Waals surface area contributed by atoms with Gasteiger partial charge in [-0.05, 0) is 6.07 Å². The van der Waals surface area contributed by atoms with Gasteiger partial charge >= 0.3 is 0 Å². The lowest BCUT2D eigenvalue weighted by atomic mass is 10.0. The number of nitrogens with one attached hydrogen (secondary N) is 2. The van der Waals surface area contributed by atoms with Crippen LogP contribution >= 0.6 is 0 Å². The second kappa shape index (κ2) is 6.18. The first-order valence-electron chi connectivity index (χ1n) is 7.77. The van der Waals surface area contributed by atoms with Gasteiger partial charge in [0.15, 0.2) is 0 Å². The predicted molar refractivity (Wildman–Crippen MR) is 90.1 cm³/mol. The third kappa shape index (κ3) is 2.68. The molecule has 1 aliphatic rings. The van der Waals surface area contributed by atoms with Crippen molar-refractivity contribution < 1.29 is 0 Å². The summed E-state index contributed by atoms with van der Waals surface area (Å²) in [5.74, 6) is 0. The third-order valence-electron chi connectivity index (χ3n) is 4.12. The van der Waals surface area contributed by atoms with Gasteiger partial charge in [-0.2, -0.15) is 0 Å². The van der Waals surface area contributed by atoms with Crippen molar-refractivity contribution in [3.8, 4) is 22.5 Å². The molecule has 0 radical (unpaired) electrons. The van der Waals surface area contributed by atoms with Gasteiger partial charge in [-0.1, -0.05) is 18.2 Å². The molecule has 2 N–H and O–H groups in total. The summed E-state index contributed by atoms with van der Waals surface area (Å²) in [5, 5.41) is 3.40. The predicted octanol–water partition coefficient (Wildman–Crippen LogP) is 1.94. The van der Waals surface area contributed by atoms with Crippen LogP contribution < -0.4 is 10.2 Å². The van der Waals surface area contributed by atoms with Gasteiger partial charge in [-0.15, -0.1) is 0 Å². The van der Waals surface area contributed by atoms with Crippen LogP contribution in [0.2, 0.25) is 0 Å². The molecule has 6 heteroatoms. The van der Waals surface area contributed by atoms with Crippen molar-refractivity contribution in [1.82, 2.24) is 25.3 Å². The number of hydrogen-bond acceptors (Lipinski definition) is 5. The van der Waals surface area contributed by atoms with Gasteiger partial charge in [-0.3, -0.25) is 0 Å². The van der Waals surface area contributed by atoms with Crippen LogP contribution in [0.25, 0.3) is 22.5 Å². The minimum atomic E-state index is 0.927. The number of hydrogen-bond donors (Lipinski definition) is 2. The Hall–Kier alpha value is -2.73. The molecule has 116 valence electrons. The average Bonchev–Trinajstić information content (AvgIpc) is 3.17. The van der Waals surface area contributed by atoms with E-state index in [1.807, 2.05) is 6.20 Å². The van der Waals surface area contributed by atoms with Crippen LogP contribution in [0.4, 0.5) is 5.69 Å². The van der Waals surface area contributed by atoms with Crippen molar-refractivity contribution >= 4 is 5.69 Å². The molecule has 0 unspecified atom stereocenters. The second-order valence-corrected chi connectivity index (χ2v) is 5.50. The minimum Gasteiger partial charge on any atom is -0.368 e. The van der Waals surface area contributed by atoms with Crippen LogP contribution in [-0.4, -0.2) is 46.1 Å². The van der Waals surface area contributed by atoms with Crippen LogP contribution in [0.15, 0.2) is 49.3 Å². The maximum absolute atomic E-state index is 4.56. The lowest BCUT2D eigenvalue weighted by Gasteiger charge is -2.31. The van der Waals surface area contributed by atoms with Gasteiger partial charge in [-0.25, -0.2) is 15.0 Å². The molecule has 0 bridgehead atoms. The van der Waals surface area contributed by atoms with Gasteiger partial charge in [0.05, 0.1) is 23.9 Å². The fourth-order valence-electron chi connectivity index (χ4n) is 3.00. The molecule has 1 aliphatic heterocycles. The van der Waals surface area contributed by atoms with Gasteiger partial charge < -0.3 is 15.2 Å². The fraction of sp³-hybridized carbons (Fsp3) is 0.235. The van der Waals surface area contributed by atoms with E-state index in [2.05, 4.69) is 54.4 Å². The number of aromatic nitrogens is 4. The summed E-state index contributed by atoms with van der Waals surface area (Å²) in [5.41, 5.74) is 5.16. The molecule has 3 heterocycles. The Morgan fingerprint density at radius 3 is 2.65 bits per heavy atom. The number of anilines is 1. The molecule has 2 aromatic heterocycles. The number of rotatable bonds is 3. The van der Waals surface area contributed by atoms with Crippen LogP contribution in [0, 0.1) is 0 Å². The summed E-state index contributed by atoms with van der Waals surface area (Å²) < 4.78 is 0. The first kappa shape index (κ1) is 13.9. The van der Waals surface area contributed by atoms with Crippen LogP contribution in [0.5, 0.6) is 0 Å². The summed E-state index contributed by atoms with van der Waals surface area (Å²) in [6, 6.07) is 8.43. The van der Waals surface area contributed by atoms with E-state index in [9.17, 15) is 0 Å². The van der Waals surface area contributed by atoms with E-state index in [0.29, 0.717) is 0 Å². The maximum Gasteiger partial charge on any atom is 0.116 e. The van der Waals surface area contributed by atoms with E-state index in [-0.39, 0.29) is 0 Å². The molecule has 0 amide bonds. The molecule has 1 fully saturated rings. The normalized spacial score (nSPS) is 14.9. The Kier molecular flexibility index (Phi) is 3.73. The van der Waals surface area contributed by atoms with Crippen LogP contribution in [0.1, 0.15) is 0 Å². The highest BCUT2D eigenvalue weighted by atomic mass is 15.2. The average molecular weight is 306 g/mol. The number of imidazole rings is 1. The summed E-state index contributed by atoms with van der Waals surface area (Å²) in [6.07, 6.45) is 6.91. The lowest BCUT2D eigenvalue weighted by molar-refractivity contribution is 0.589. The molecule has 0 aliphatic carbocycles. The maximum atomic E-state index is 4.56. The molecule has 0 saturated carbocycles. The molecule has 6 nitrogen and oxygen atoms in total. The van der Waals surface area contributed by atoms with Crippen LogP contribution in [0.3, 0.4) is 0 Å². The summed E-state index contributed by atoms with van der Waals surface area (Å²) >= 11 is 0. The molecule has 0 atom stereocenters. The highest BCUT2D eigenvalue weighted by Gasteiger charge is 2.18. The van der Waals surface area contributed by atoms with Crippen LogP contribution in [-0.2, 0) is 0 Å². The number of H-pyrrole nitrogens is 1. The van der Waals surface area contributed by atoms with E-state index in [4.69, 9.17) is 0 Å². The van der Waals surface area contributed by atoms with Crippen molar-refractivity contribution in [2.24, 2.45) is 0 Å². The SMILES string of the molecule is c1ccc(N2CCNCC2)c(-c2ncncc2-c2cnc[nH]2)c1. The summed E-state index contributed by atoms with van der Waals surface area (Å²) in [4.78, 5) is 18.4.